The van der Waals surface area contributed by atoms with Crippen LogP contribution in [0.25, 0.3) is 0 Å². The summed E-state index contributed by atoms with van der Waals surface area (Å²) in [6.07, 6.45) is -1.09. The summed E-state index contributed by atoms with van der Waals surface area (Å²) in [5, 5.41) is 13.3. The second kappa shape index (κ2) is 13.4. The van der Waals surface area contributed by atoms with Crippen molar-refractivity contribution in [1.29, 1.82) is 0 Å². The molecule has 29 heavy (non-hydrogen) atoms. The predicted molar refractivity (Wildman–Crippen MR) is 119 cm³/mol. The maximum Gasteiger partial charge on any atom is 0.409 e. The Labute approximate surface area is 188 Å². The molecule has 8 nitrogen and oxygen atoms in total. The van der Waals surface area contributed by atoms with Gasteiger partial charge in [0.25, 0.3) is 0 Å². The van der Waals surface area contributed by atoms with Gasteiger partial charge in [0.2, 0.25) is 0 Å². The number of aliphatic hydroxyl groups is 1. The van der Waals surface area contributed by atoms with Gasteiger partial charge in [0, 0.05) is 32.7 Å². The summed E-state index contributed by atoms with van der Waals surface area (Å²) in [4.78, 5) is 20.0. The van der Waals surface area contributed by atoms with Crippen LogP contribution in [-0.4, -0.2) is 85.5 Å². The lowest BCUT2D eigenvalue weighted by atomic mass is 10.3. The number of carbonyl (C=O) groups is 1. The van der Waals surface area contributed by atoms with Crippen molar-refractivity contribution in [3.8, 4) is 5.75 Å². The number of nitrogens with one attached hydrogen (secondary N) is 1. The van der Waals surface area contributed by atoms with Gasteiger partial charge in [-0.05, 0) is 38.1 Å². The van der Waals surface area contributed by atoms with Gasteiger partial charge in [0.1, 0.15) is 24.3 Å². The van der Waals surface area contributed by atoms with E-state index in [1.807, 2.05) is 11.8 Å². The topological polar surface area (TPSA) is 86.6 Å². The van der Waals surface area contributed by atoms with E-state index in [2.05, 4.69) is 10.3 Å². The number of hydrogen-bond donors (Lipinski definition) is 2. The molecule has 1 aliphatic heterocycles. The third kappa shape index (κ3) is 8.60. The van der Waals surface area contributed by atoms with Crippen LogP contribution in [0, 0.1) is 5.82 Å². The Hall–Kier alpha value is -1.82. The van der Waals surface area contributed by atoms with Crippen LogP contribution >= 0.6 is 24.0 Å². The van der Waals surface area contributed by atoms with Crippen molar-refractivity contribution in [3.05, 3.63) is 30.1 Å². The predicted octanol–water partition coefficient (Wildman–Crippen LogP) is 1.92. The van der Waals surface area contributed by atoms with Crippen molar-refractivity contribution in [1.82, 2.24) is 15.1 Å². The van der Waals surface area contributed by atoms with Crippen LogP contribution in [0.1, 0.15) is 13.8 Å². The molecule has 1 unspecified atom stereocenters. The van der Waals surface area contributed by atoms with Gasteiger partial charge in [-0.3, -0.25) is 4.99 Å². The summed E-state index contributed by atoms with van der Waals surface area (Å²) in [7, 11) is 0. The Morgan fingerprint density at radius 2 is 1.83 bits per heavy atom. The molecule has 1 aromatic rings. The second-order valence-electron chi connectivity index (χ2n) is 6.29. The molecule has 1 atom stereocenters. The van der Waals surface area contributed by atoms with Crippen LogP contribution in [0.5, 0.6) is 5.75 Å². The number of ether oxygens (including phenoxy) is 2. The number of amides is 1. The van der Waals surface area contributed by atoms with Crippen molar-refractivity contribution < 1.29 is 23.8 Å². The minimum atomic E-state index is -0.792. The summed E-state index contributed by atoms with van der Waals surface area (Å²) < 4.78 is 23.4. The van der Waals surface area contributed by atoms with Crippen molar-refractivity contribution in [2.24, 2.45) is 4.99 Å². The fourth-order valence-corrected chi connectivity index (χ4v) is 2.71. The number of benzene rings is 1. The van der Waals surface area contributed by atoms with Gasteiger partial charge >= 0.3 is 6.09 Å². The number of aliphatic imine (C=N–C) groups is 1. The van der Waals surface area contributed by atoms with E-state index in [1.54, 1.807) is 11.8 Å². The van der Waals surface area contributed by atoms with Crippen molar-refractivity contribution in [2.45, 2.75) is 20.0 Å². The standard InChI is InChI=1S/C19H29FN4O4.HI/c1-3-21-18(23-9-11-24(12-10-23)19(26)27-4-2)22-13-16(25)14-28-17-7-5-15(20)6-8-17;/h5-8,16,25H,3-4,9-14H2,1-2H3,(H,21,22);1H. The number of carbonyl (C=O) groups excluding carboxylic acids is 1. The maximum absolute atomic E-state index is 12.9. The van der Waals surface area contributed by atoms with Crippen molar-refractivity contribution >= 4 is 36.0 Å². The average molecular weight is 524 g/mol. The lowest BCUT2D eigenvalue weighted by molar-refractivity contribution is 0.0911. The molecule has 1 fully saturated rings. The van der Waals surface area contributed by atoms with Gasteiger partial charge < -0.3 is 29.7 Å². The minimum absolute atomic E-state index is 0. The van der Waals surface area contributed by atoms with E-state index in [0.29, 0.717) is 51.0 Å². The molecule has 1 heterocycles. The van der Waals surface area contributed by atoms with Gasteiger partial charge in [-0.25, -0.2) is 9.18 Å². The highest BCUT2D eigenvalue weighted by Gasteiger charge is 2.23. The Morgan fingerprint density at radius 3 is 2.41 bits per heavy atom. The second-order valence-corrected chi connectivity index (χ2v) is 6.29. The molecule has 164 valence electrons. The number of piperazine rings is 1. The van der Waals surface area contributed by atoms with E-state index in [4.69, 9.17) is 9.47 Å². The first-order chi connectivity index (χ1) is 13.5. The fourth-order valence-electron chi connectivity index (χ4n) is 2.71. The Balaban J connectivity index is 0.00000420. The highest BCUT2D eigenvalue weighted by molar-refractivity contribution is 14.0. The maximum atomic E-state index is 12.9. The first-order valence-electron chi connectivity index (χ1n) is 9.54. The molecular formula is C19H30FIN4O4. The summed E-state index contributed by atoms with van der Waals surface area (Å²) in [5.74, 6) is 0.842. The zero-order chi connectivity index (χ0) is 20.4. The molecule has 10 heteroatoms. The van der Waals surface area contributed by atoms with E-state index in [9.17, 15) is 14.3 Å². The first kappa shape index (κ1) is 25.2. The number of hydrogen-bond acceptors (Lipinski definition) is 5. The molecule has 0 radical (unpaired) electrons. The lowest BCUT2D eigenvalue weighted by Crippen LogP contribution is -2.54. The molecule has 0 bridgehead atoms. The third-order valence-electron chi connectivity index (χ3n) is 4.15. The molecule has 0 aromatic heterocycles. The highest BCUT2D eigenvalue weighted by Crippen LogP contribution is 2.11. The van der Waals surface area contributed by atoms with Gasteiger partial charge in [0.05, 0.1) is 13.2 Å². The van der Waals surface area contributed by atoms with Crippen LogP contribution in [0.3, 0.4) is 0 Å². The number of aliphatic hydroxyl groups excluding tert-OH is 1. The van der Waals surface area contributed by atoms with Gasteiger partial charge in [-0.1, -0.05) is 0 Å². The summed E-state index contributed by atoms with van der Waals surface area (Å²) >= 11 is 0. The molecule has 0 spiro atoms. The summed E-state index contributed by atoms with van der Waals surface area (Å²) in [6.45, 7) is 7.42. The van der Waals surface area contributed by atoms with Crippen LogP contribution < -0.4 is 10.1 Å². The van der Waals surface area contributed by atoms with E-state index < -0.39 is 6.10 Å². The smallest absolute Gasteiger partial charge is 0.409 e. The molecule has 1 amide bonds. The Morgan fingerprint density at radius 1 is 1.21 bits per heavy atom. The molecular weight excluding hydrogens is 494 g/mol. The van der Waals surface area contributed by atoms with E-state index in [-0.39, 0.29) is 49.0 Å². The van der Waals surface area contributed by atoms with Crippen LogP contribution in [0.2, 0.25) is 0 Å². The summed E-state index contributed by atoms with van der Waals surface area (Å²) in [5.41, 5.74) is 0. The van der Waals surface area contributed by atoms with Crippen molar-refractivity contribution in [3.63, 3.8) is 0 Å². The van der Waals surface area contributed by atoms with E-state index >= 15 is 0 Å². The molecule has 2 N–H and O–H groups in total. The zero-order valence-corrected chi connectivity index (χ0v) is 19.2. The molecule has 1 aliphatic rings. The highest BCUT2D eigenvalue weighted by atomic mass is 127. The van der Waals surface area contributed by atoms with Gasteiger partial charge in [0.15, 0.2) is 5.96 Å². The average Bonchev–Trinajstić information content (AvgIpc) is 2.71. The van der Waals surface area contributed by atoms with Crippen LogP contribution in [-0.2, 0) is 4.74 Å². The van der Waals surface area contributed by atoms with Crippen LogP contribution in [0.15, 0.2) is 29.3 Å². The quantitative estimate of drug-likeness (QED) is 0.322. The van der Waals surface area contributed by atoms with Crippen LogP contribution in [0.4, 0.5) is 9.18 Å². The fraction of sp³-hybridized carbons (Fsp3) is 0.579. The third-order valence-corrected chi connectivity index (χ3v) is 4.15. The molecule has 0 saturated carbocycles. The Kier molecular flexibility index (Phi) is 11.7. The molecule has 0 aliphatic carbocycles. The zero-order valence-electron chi connectivity index (χ0n) is 16.8. The SMILES string of the molecule is CCNC(=NCC(O)COc1ccc(F)cc1)N1CCN(C(=O)OCC)CC1.I. The number of halogens is 2. The van der Waals surface area contributed by atoms with E-state index in [0.717, 1.165) is 0 Å². The Bertz CT molecular complexity index is 640. The number of rotatable bonds is 7. The number of guanidine groups is 1. The monoisotopic (exact) mass is 524 g/mol. The number of nitrogens with zero attached hydrogens (tertiary/aromatic N) is 3. The summed E-state index contributed by atoms with van der Waals surface area (Å²) in [6, 6.07) is 5.63. The lowest BCUT2D eigenvalue weighted by Gasteiger charge is -2.36. The van der Waals surface area contributed by atoms with Gasteiger partial charge in [-0.15, -0.1) is 24.0 Å². The van der Waals surface area contributed by atoms with Gasteiger partial charge in [-0.2, -0.15) is 0 Å². The normalized spacial score (nSPS) is 15.4. The molecule has 2 rings (SSSR count). The minimum Gasteiger partial charge on any atom is -0.491 e. The van der Waals surface area contributed by atoms with E-state index in [1.165, 1.54) is 24.3 Å². The largest absolute Gasteiger partial charge is 0.491 e. The molecule has 1 saturated heterocycles. The first-order valence-corrected chi connectivity index (χ1v) is 9.54. The van der Waals surface area contributed by atoms with Crippen molar-refractivity contribution in [2.75, 3.05) is 52.5 Å². The molecule has 1 aromatic carbocycles.